The van der Waals surface area contributed by atoms with Gasteiger partial charge in [0.15, 0.2) is 11.5 Å². The van der Waals surface area contributed by atoms with Crippen molar-refractivity contribution in [2.45, 2.75) is 47.8 Å². The number of carbonyl (C=O) groups excluding carboxylic acids is 1. The third-order valence-electron chi connectivity index (χ3n) is 5.32. The summed E-state index contributed by atoms with van der Waals surface area (Å²) in [4.78, 5) is 12.6. The predicted octanol–water partition coefficient (Wildman–Crippen LogP) is 5.80. The zero-order valence-corrected chi connectivity index (χ0v) is 21.1. The Balaban J connectivity index is 1.55. The van der Waals surface area contributed by atoms with Crippen LogP contribution in [0, 0.1) is 19.8 Å². The molecule has 0 saturated carbocycles. The van der Waals surface area contributed by atoms with Crippen molar-refractivity contribution in [2.75, 3.05) is 18.5 Å². The van der Waals surface area contributed by atoms with Crippen LogP contribution in [-0.2, 0) is 17.9 Å². The van der Waals surface area contributed by atoms with Gasteiger partial charge >= 0.3 is 0 Å². The number of carbonyl (C=O) groups is 1. The molecule has 2 aromatic carbocycles. The van der Waals surface area contributed by atoms with E-state index >= 15 is 0 Å². The highest BCUT2D eigenvalue weighted by Gasteiger charge is 2.17. The van der Waals surface area contributed by atoms with E-state index in [1.165, 1.54) is 0 Å². The first-order chi connectivity index (χ1) is 16.3. The smallest absolute Gasteiger partial charge is 0.229 e. The minimum atomic E-state index is -0.274. The van der Waals surface area contributed by atoms with E-state index in [2.05, 4.69) is 10.4 Å². The first kappa shape index (κ1) is 25.4. The second kappa shape index (κ2) is 11.8. The fourth-order valence-electron chi connectivity index (χ4n) is 3.45. The molecule has 182 valence electrons. The maximum atomic E-state index is 12.6. The Bertz CT molecular complexity index is 1110. The molecule has 0 saturated heterocycles. The van der Waals surface area contributed by atoms with Crippen molar-refractivity contribution in [1.82, 2.24) is 9.78 Å². The Hall–Kier alpha value is -3.19. The van der Waals surface area contributed by atoms with E-state index in [0.29, 0.717) is 48.6 Å². The van der Waals surface area contributed by atoms with E-state index in [4.69, 9.17) is 25.8 Å². The van der Waals surface area contributed by atoms with Crippen molar-refractivity contribution in [3.63, 3.8) is 0 Å². The van der Waals surface area contributed by atoms with Crippen molar-refractivity contribution >= 4 is 23.2 Å². The Kier molecular flexibility index (Phi) is 8.82. The second-order valence-electron chi connectivity index (χ2n) is 8.02. The minimum Gasteiger partial charge on any atom is -0.490 e. The molecule has 3 rings (SSSR count). The molecule has 1 atom stereocenters. The van der Waals surface area contributed by atoms with Gasteiger partial charge in [0, 0.05) is 5.69 Å². The van der Waals surface area contributed by atoms with E-state index in [1.807, 2.05) is 77.1 Å². The summed E-state index contributed by atoms with van der Waals surface area (Å²) >= 11 is 6.20. The Morgan fingerprint density at radius 1 is 1.03 bits per heavy atom. The number of hydrogen-bond donors (Lipinski definition) is 1. The summed E-state index contributed by atoms with van der Waals surface area (Å²) < 4.78 is 19.0. The van der Waals surface area contributed by atoms with Crippen LogP contribution in [0.1, 0.15) is 37.7 Å². The number of hydrogen-bond acceptors (Lipinski definition) is 5. The van der Waals surface area contributed by atoms with Gasteiger partial charge in [0.2, 0.25) is 5.91 Å². The van der Waals surface area contributed by atoms with Gasteiger partial charge in [-0.25, -0.2) is 0 Å². The normalized spacial score (nSPS) is 11.7. The lowest BCUT2D eigenvalue weighted by atomic mass is 10.1. The van der Waals surface area contributed by atoms with Gasteiger partial charge in [0.25, 0.3) is 0 Å². The molecule has 1 N–H and O–H groups in total. The standard InChI is InChI=1S/C26H32ClN3O4/c1-6-32-23-13-8-20(14-24(23)33-7-2)16-34-22-11-9-21(10-12-22)28-26(31)17(3)15-30-19(5)25(27)18(4)29-30/h8-14,17H,6-7,15-16H2,1-5H3,(H,28,31). The molecule has 1 heterocycles. The highest BCUT2D eigenvalue weighted by atomic mass is 35.5. The molecule has 0 aliphatic carbocycles. The van der Waals surface area contributed by atoms with E-state index in [1.54, 1.807) is 4.68 Å². The number of anilines is 1. The van der Waals surface area contributed by atoms with Gasteiger partial charge in [0.05, 0.1) is 42.1 Å². The Labute approximate surface area is 206 Å². The summed E-state index contributed by atoms with van der Waals surface area (Å²) in [6.07, 6.45) is 0. The molecule has 8 heteroatoms. The average molecular weight is 486 g/mol. The Morgan fingerprint density at radius 2 is 1.71 bits per heavy atom. The molecule has 34 heavy (non-hydrogen) atoms. The third-order valence-corrected chi connectivity index (χ3v) is 5.87. The van der Waals surface area contributed by atoms with Crippen molar-refractivity contribution in [1.29, 1.82) is 0 Å². The van der Waals surface area contributed by atoms with Crippen molar-refractivity contribution in [2.24, 2.45) is 5.92 Å². The van der Waals surface area contributed by atoms with Gasteiger partial charge in [-0.3, -0.25) is 9.48 Å². The quantitative estimate of drug-likeness (QED) is 0.371. The maximum absolute atomic E-state index is 12.6. The fourth-order valence-corrected chi connectivity index (χ4v) is 3.58. The van der Waals surface area contributed by atoms with Gasteiger partial charge in [0.1, 0.15) is 12.4 Å². The molecule has 0 aliphatic heterocycles. The summed E-state index contributed by atoms with van der Waals surface area (Å²) in [6.45, 7) is 11.5. The van der Waals surface area contributed by atoms with Gasteiger partial charge in [-0.1, -0.05) is 24.6 Å². The lowest BCUT2D eigenvalue weighted by Crippen LogP contribution is -2.25. The number of rotatable bonds is 11. The molecular formula is C26H32ClN3O4. The lowest BCUT2D eigenvalue weighted by Gasteiger charge is -2.14. The zero-order valence-electron chi connectivity index (χ0n) is 20.4. The first-order valence-electron chi connectivity index (χ1n) is 11.4. The summed E-state index contributed by atoms with van der Waals surface area (Å²) in [7, 11) is 0. The molecule has 3 aromatic rings. The summed E-state index contributed by atoms with van der Waals surface area (Å²) in [5.41, 5.74) is 3.31. The van der Waals surface area contributed by atoms with Crippen LogP contribution in [0.2, 0.25) is 5.02 Å². The molecule has 1 aromatic heterocycles. The zero-order chi connectivity index (χ0) is 24.7. The molecular weight excluding hydrogens is 454 g/mol. The number of halogens is 1. The van der Waals surface area contributed by atoms with Crippen molar-refractivity contribution in [3.8, 4) is 17.2 Å². The number of benzene rings is 2. The highest BCUT2D eigenvalue weighted by Crippen LogP contribution is 2.29. The largest absolute Gasteiger partial charge is 0.490 e. The predicted molar refractivity (Wildman–Crippen MR) is 134 cm³/mol. The summed E-state index contributed by atoms with van der Waals surface area (Å²) in [5, 5.41) is 7.98. The molecule has 0 aliphatic rings. The van der Waals surface area contributed by atoms with Gasteiger partial charge in [-0.2, -0.15) is 5.10 Å². The Morgan fingerprint density at radius 3 is 2.32 bits per heavy atom. The van der Waals surface area contributed by atoms with E-state index in [9.17, 15) is 4.79 Å². The molecule has 1 unspecified atom stereocenters. The van der Waals surface area contributed by atoms with Crippen LogP contribution in [0.5, 0.6) is 17.2 Å². The van der Waals surface area contributed by atoms with Crippen LogP contribution >= 0.6 is 11.6 Å². The summed E-state index contributed by atoms with van der Waals surface area (Å²) in [5.74, 6) is 1.78. The third kappa shape index (κ3) is 6.44. The first-order valence-corrected chi connectivity index (χ1v) is 11.8. The molecule has 1 amide bonds. The van der Waals surface area contributed by atoms with E-state index in [-0.39, 0.29) is 11.8 Å². The summed E-state index contributed by atoms with van der Waals surface area (Å²) in [6, 6.07) is 13.1. The van der Waals surface area contributed by atoms with Crippen LogP contribution in [0.3, 0.4) is 0 Å². The van der Waals surface area contributed by atoms with Crippen molar-refractivity contribution < 1.29 is 19.0 Å². The number of amides is 1. The van der Waals surface area contributed by atoms with Crippen LogP contribution in [0.4, 0.5) is 5.69 Å². The topological polar surface area (TPSA) is 74.6 Å². The van der Waals surface area contributed by atoms with Gasteiger partial charge in [-0.15, -0.1) is 0 Å². The number of nitrogens with one attached hydrogen (secondary N) is 1. The van der Waals surface area contributed by atoms with Crippen LogP contribution in [0.25, 0.3) is 0 Å². The van der Waals surface area contributed by atoms with Crippen LogP contribution in [0.15, 0.2) is 42.5 Å². The molecule has 0 radical (unpaired) electrons. The molecule has 0 spiro atoms. The van der Waals surface area contributed by atoms with Crippen LogP contribution < -0.4 is 19.5 Å². The number of ether oxygens (including phenoxy) is 3. The average Bonchev–Trinajstić information content (AvgIpc) is 3.06. The number of aryl methyl sites for hydroxylation is 1. The van der Waals surface area contributed by atoms with Gasteiger partial charge < -0.3 is 19.5 Å². The molecule has 0 bridgehead atoms. The number of nitrogens with zero attached hydrogens (tertiary/aromatic N) is 2. The fraction of sp³-hybridized carbons (Fsp3) is 0.385. The SMILES string of the molecule is CCOc1ccc(COc2ccc(NC(=O)C(C)Cn3nc(C)c(Cl)c3C)cc2)cc1OCC. The maximum Gasteiger partial charge on any atom is 0.229 e. The number of aromatic nitrogens is 2. The minimum absolute atomic E-state index is 0.0878. The van der Waals surface area contributed by atoms with Crippen molar-refractivity contribution in [3.05, 3.63) is 64.4 Å². The van der Waals surface area contributed by atoms with E-state index < -0.39 is 0 Å². The monoisotopic (exact) mass is 485 g/mol. The molecule has 7 nitrogen and oxygen atoms in total. The highest BCUT2D eigenvalue weighted by molar-refractivity contribution is 6.31. The van der Waals surface area contributed by atoms with Crippen LogP contribution in [-0.4, -0.2) is 28.9 Å². The van der Waals surface area contributed by atoms with Gasteiger partial charge in [-0.05, 0) is 69.7 Å². The second-order valence-corrected chi connectivity index (χ2v) is 8.40. The molecule has 0 fully saturated rings. The van der Waals surface area contributed by atoms with E-state index in [0.717, 1.165) is 22.7 Å². The lowest BCUT2D eigenvalue weighted by molar-refractivity contribution is -0.119.